The van der Waals surface area contributed by atoms with E-state index >= 15 is 0 Å². The number of ether oxygens (including phenoxy) is 1. The molecule has 0 aliphatic rings. The van der Waals surface area contributed by atoms with Crippen LogP contribution < -0.4 is 10.6 Å². The van der Waals surface area contributed by atoms with Gasteiger partial charge in [-0.25, -0.2) is 9.18 Å². The van der Waals surface area contributed by atoms with Crippen molar-refractivity contribution in [3.8, 4) is 0 Å². The molecule has 8 heteroatoms. The summed E-state index contributed by atoms with van der Waals surface area (Å²) in [6, 6.07) is 10.2. The van der Waals surface area contributed by atoms with Crippen LogP contribution in [-0.4, -0.2) is 24.4 Å². The number of amides is 2. The lowest BCUT2D eigenvalue weighted by atomic mass is 10.2. The van der Waals surface area contributed by atoms with Gasteiger partial charge in [-0.15, -0.1) is 0 Å². The molecule has 0 aromatic heterocycles. The monoisotopic (exact) mass is 378 g/mol. The van der Waals surface area contributed by atoms with Crippen LogP contribution in [0.5, 0.6) is 0 Å². The van der Waals surface area contributed by atoms with E-state index in [4.69, 9.17) is 16.3 Å². The van der Waals surface area contributed by atoms with Gasteiger partial charge in [0.05, 0.1) is 10.6 Å². The van der Waals surface area contributed by atoms with E-state index in [1.807, 2.05) is 0 Å². The summed E-state index contributed by atoms with van der Waals surface area (Å²) in [7, 11) is 0. The summed E-state index contributed by atoms with van der Waals surface area (Å²) in [5.74, 6) is -1.94. The molecule has 0 heterocycles. The molecule has 0 fully saturated rings. The molecule has 0 saturated carbocycles. The molecule has 0 bridgehead atoms. The van der Waals surface area contributed by atoms with Crippen LogP contribution in [0.15, 0.2) is 42.5 Å². The zero-order chi connectivity index (χ0) is 19.1. The van der Waals surface area contributed by atoms with Gasteiger partial charge in [0.2, 0.25) is 5.91 Å². The fraction of sp³-hybridized carbons (Fsp3) is 0.167. The van der Waals surface area contributed by atoms with Crippen LogP contribution in [0.25, 0.3) is 0 Å². The number of nitrogens with one attached hydrogen (secondary N) is 2. The summed E-state index contributed by atoms with van der Waals surface area (Å²) in [6.07, 6.45) is 0. The maximum Gasteiger partial charge on any atom is 0.338 e. The Hall–Kier alpha value is -2.93. The van der Waals surface area contributed by atoms with Crippen LogP contribution in [0.1, 0.15) is 22.8 Å². The van der Waals surface area contributed by atoms with E-state index in [1.165, 1.54) is 37.3 Å². The van der Waals surface area contributed by atoms with Crippen molar-refractivity contribution in [3.05, 3.63) is 64.4 Å². The molecule has 2 aromatic rings. The van der Waals surface area contributed by atoms with Gasteiger partial charge in [0.25, 0.3) is 5.91 Å². The second-order valence-electron chi connectivity index (χ2n) is 5.36. The average molecular weight is 379 g/mol. The molecule has 2 amide bonds. The van der Waals surface area contributed by atoms with Gasteiger partial charge in [0.15, 0.2) is 6.61 Å². The van der Waals surface area contributed by atoms with Crippen molar-refractivity contribution >= 4 is 35.1 Å². The van der Waals surface area contributed by atoms with Gasteiger partial charge < -0.3 is 15.4 Å². The van der Waals surface area contributed by atoms with Crippen molar-refractivity contribution in [1.29, 1.82) is 0 Å². The second kappa shape index (κ2) is 8.96. The Bertz CT molecular complexity index is 824. The number of benzene rings is 2. The molecule has 0 aliphatic heterocycles. The fourth-order valence-electron chi connectivity index (χ4n) is 2.01. The number of esters is 1. The van der Waals surface area contributed by atoms with Crippen molar-refractivity contribution in [1.82, 2.24) is 5.32 Å². The third-order valence-electron chi connectivity index (χ3n) is 3.25. The number of hydrogen-bond acceptors (Lipinski definition) is 4. The normalized spacial score (nSPS) is 10.1. The van der Waals surface area contributed by atoms with E-state index in [2.05, 4.69) is 10.6 Å². The molecule has 26 heavy (non-hydrogen) atoms. The molecule has 136 valence electrons. The van der Waals surface area contributed by atoms with E-state index in [0.717, 1.165) is 0 Å². The third-order valence-corrected chi connectivity index (χ3v) is 3.54. The number of rotatable bonds is 6. The van der Waals surface area contributed by atoms with Gasteiger partial charge in [0, 0.05) is 19.2 Å². The molecular weight excluding hydrogens is 363 g/mol. The van der Waals surface area contributed by atoms with Gasteiger partial charge in [-0.2, -0.15) is 0 Å². The van der Waals surface area contributed by atoms with Gasteiger partial charge in [0.1, 0.15) is 5.82 Å². The zero-order valence-electron chi connectivity index (χ0n) is 13.8. The van der Waals surface area contributed by atoms with E-state index in [9.17, 15) is 18.8 Å². The summed E-state index contributed by atoms with van der Waals surface area (Å²) >= 11 is 5.66. The Kier molecular flexibility index (Phi) is 6.68. The first-order chi connectivity index (χ1) is 12.3. The Morgan fingerprint density at radius 1 is 1.12 bits per heavy atom. The molecule has 2 aromatic carbocycles. The highest BCUT2D eigenvalue weighted by molar-refractivity contribution is 6.30. The number of carbonyl (C=O) groups is 3. The standard InChI is InChI=1S/C18H16ClFN2O4/c1-11(23)22-14-5-3-13(4-6-14)18(25)26-10-17(24)21-9-12-2-7-16(20)15(19)8-12/h2-8H,9-10H2,1H3,(H,21,24)(H,22,23). The topological polar surface area (TPSA) is 84.5 Å². The van der Waals surface area contributed by atoms with Crippen LogP contribution in [-0.2, 0) is 20.9 Å². The number of carbonyl (C=O) groups excluding carboxylic acids is 3. The predicted octanol–water partition coefficient (Wildman–Crippen LogP) is 2.91. The zero-order valence-corrected chi connectivity index (χ0v) is 14.6. The molecule has 6 nitrogen and oxygen atoms in total. The molecule has 0 radical (unpaired) electrons. The van der Waals surface area contributed by atoms with Crippen molar-refractivity contribution in [2.24, 2.45) is 0 Å². The van der Waals surface area contributed by atoms with E-state index in [-0.39, 0.29) is 23.0 Å². The minimum Gasteiger partial charge on any atom is -0.452 e. The Balaban J connectivity index is 1.79. The van der Waals surface area contributed by atoms with Gasteiger partial charge in [-0.3, -0.25) is 9.59 Å². The van der Waals surface area contributed by atoms with E-state index < -0.39 is 24.3 Å². The highest BCUT2D eigenvalue weighted by Crippen LogP contribution is 2.15. The smallest absolute Gasteiger partial charge is 0.338 e. The first-order valence-electron chi connectivity index (χ1n) is 7.60. The highest BCUT2D eigenvalue weighted by Gasteiger charge is 2.10. The van der Waals surface area contributed by atoms with Crippen LogP contribution in [0.2, 0.25) is 5.02 Å². The molecule has 0 aliphatic carbocycles. The summed E-state index contributed by atoms with van der Waals surface area (Å²) < 4.78 is 18.0. The average Bonchev–Trinajstić information content (AvgIpc) is 2.60. The van der Waals surface area contributed by atoms with Crippen LogP contribution in [0.3, 0.4) is 0 Å². The molecule has 2 rings (SSSR count). The number of hydrogen-bond donors (Lipinski definition) is 2. The number of anilines is 1. The minimum atomic E-state index is -0.667. The maximum absolute atomic E-state index is 13.1. The SMILES string of the molecule is CC(=O)Nc1ccc(C(=O)OCC(=O)NCc2ccc(F)c(Cl)c2)cc1. The van der Waals surface area contributed by atoms with E-state index in [1.54, 1.807) is 12.1 Å². The Morgan fingerprint density at radius 3 is 2.42 bits per heavy atom. The second-order valence-corrected chi connectivity index (χ2v) is 5.77. The summed E-state index contributed by atoms with van der Waals surface area (Å²) in [5, 5.41) is 5.08. The van der Waals surface area contributed by atoms with Crippen molar-refractivity contribution in [2.45, 2.75) is 13.5 Å². The van der Waals surface area contributed by atoms with E-state index in [0.29, 0.717) is 11.3 Å². The highest BCUT2D eigenvalue weighted by atomic mass is 35.5. The fourth-order valence-corrected chi connectivity index (χ4v) is 2.21. The Labute approximate surface area is 154 Å². The predicted molar refractivity (Wildman–Crippen MR) is 94.3 cm³/mol. The summed E-state index contributed by atoms with van der Waals surface area (Å²) in [5.41, 5.74) is 1.41. The summed E-state index contributed by atoms with van der Waals surface area (Å²) in [4.78, 5) is 34.6. The molecule has 0 unspecified atom stereocenters. The van der Waals surface area contributed by atoms with Gasteiger partial charge in [-0.1, -0.05) is 17.7 Å². The molecular formula is C18H16ClFN2O4. The maximum atomic E-state index is 13.1. The third kappa shape index (κ3) is 5.86. The van der Waals surface area contributed by atoms with Crippen molar-refractivity contribution < 1.29 is 23.5 Å². The van der Waals surface area contributed by atoms with Gasteiger partial charge >= 0.3 is 5.97 Å². The summed E-state index contributed by atoms with van der Waals surface area (Å²) in [6.45, 7) is 1.05. The lowest BCUT2D eigenvalue weighted by Gasteiger charge is -2.08. The Morgan fingerprint density at radius 2 is 1.81 bits per heavy atom. The minimum absolute atomic E-state index is 0.0362. The van der Waals surface area contributed by atoms with Crippen LogP contribution in [0, 0.1) is 5.82 Å². The largest absolute Gasteiger partial charge is 0.452 e. The van der Waals surface area contributed by atoms with Crippen molar-refractivity contribution in [2.75, 3.05) is 11.9 Å². The first kappa shape index (κ1) is 19.4. The molecule has 0 atom stereocenters. The quantitative estimate of drug-likeness (QED) is 0.757. The lowest BCUT2D eigenvalue weighted by Crippen LogP contribution is -2.28. The number of halogens is 2. The molecule has 0 saturated heterocycles. The first-order valence-corrected chi connectivity index (χ1v) is 7.98. The lowest BCUT2D eigenvalue weighted by molar-refractivity contribution is -0.124. The van der Waals surface area contributed by atoms with Crippen LogP contribution >= 0.6 is 11.6 Å². The van der Waals surface area contributed by atoms with Crippen molar-refractivity contribution in [3.63, 3.8) is 0 Å². The van der Waals surface area contributed by atoms with Crippen LogP contribution in [0.4, 0.5) is 10.1 Å². The molecule has 0 spiro atoms. The van der Waals surface area contributed by atoms with Gasteiger partial charge in [-0.05, 0) is 42.0 Å². The molecule has 2 N–H and O–H groups in total.